The number of alkyl halides is 1. The number of hydrogen-bond acceptors (Lipinski definition) is 2. The van der Waals surface area contributed by atoms with Crippen molar-refractivity contribution >= 4 is 11.6 Å². The van der Waals surface area contributed by atoms with E-state index in [-0.39, 0.29) is 23.3 Å². The van der Waals surface area contributed by atoms with E-state index in [1.807, 2.05) is 6.07 Å². The van der Waals surface area contributed by atoms with E-state index < -0.39 is 0 Å². The fourth-order valence-corrected chi connectivity index (χ4v) is 3.85. The summed E-state index contributed by atoms with van der Waals surface area (Å²) in [4.78, 5) is 0. The molecule has 23 heavy (non-hydrogen) atoms. The Kier molecular flexibility index (Phi) is 6.98. The lowest BCUT2D eigenvalue weighted by Gasteiger charge is -2.23. The predicted molar refractivity (Wildman–Crippen MR) is 97.3 cm³/mol. The molecule has 1 aliphatic carbocycles. The highest BCUT2D eigenvalue weighted by Crippen LogP contribution is 2.39. The van der Waals surface area contributed by atoms with Crippen LogP contribution >= 0.6 is 11.6 Å². The van der Waals surface area contributed by atoms with Crippen LogP contribution in [0.5, 0.6) is 5.75 Å². The number of ether oxygens (including phenoxy) is 1. The van der Waals surface area contributed by atoms with Gasteiger partial charge < -0.3 is 9.84 Å². The highest BCUT2D eigenvalue weighted by Gasteiger charge is 2.41. The molecule has 1 saturated carbocycles. The maximum absolute atomic E-state index is 10.3. The van der Waals surface area contributed by atoms with Gasteiger partial charge in [-0.2, -0.15) is 0 Å². The minimum Gasteiger partial charge on any atom is -0.493 e. The fourth-order valence-electron chi connectivity index (χ4n) is 3.38. The van der Waals surface area contributed by atoms with Gasteiger partial charge in [-0.15, -0.1) is 11.6 Å². The van der Waals surface area contributed by atoms with Crippen molar-refractivity contribution in [3.8, 4) is 5.75 Å². The van der Waals surface area contributed by atoms with Gasteiger partial charge in [-0.05, 0) is 50.7 Å². The Morgan fingerprint density at radius 2 is 2.04 bits per heavy atom. The zero-order valence-electron chi connectivity index (χ0n) is 14.5. The standard InChI is InChI=1S/C20H29ClO2/c1-4-5-6-7-8-16-17(19(22)12-18(16)21)13-23-20-10-9-14(2)11-15(20)3/h6-7,9-11,16-19,22H,4-5,8,12-13H2,1-3H3/b7-6-/t16-,17-,18-,19-/m1/s1. The maximum atomic E-state index is 10.3. The number of rotatable bonds is 7. The van der Waals surface area contributed by atoms with Crippen LogP contribution in [-0.2, 0) is 0 Å². The average Bonchev–Trinajstić information content (AvgIpc) is 2.77. The van der Waals surface area contributed by atoms with Gasteiger partial charge in [-0.25, -0.2) is 0 Å². The zero-order chi connectivity index (χ0) is 16.8. The van der Waals surface area contributed by atoms with Gasteiger partial charge in [0, 0.05) is 11.3 Å². The molecule has 0 saturated heterocycles. The van der Waals surface area contributed by atoms with Gasteiger partial charge >= 0.3 is 0 Å². The van der Waals surface area contributed by atoms with Crippen LogP contribution in [0.2, 0.25) is 0 Å². The molecule has 0 radical (unpaired) electrons. The maximum Gasteiger partial charge on any atom is 0.122 e. The molecule has 0 heterocycles. The third kappa shape index (κ3) is 4.99. The minimum absolute atomic E-state index is 0.0315. The first kappa shape index (κ1) is 18.4. The van der Waals surface area contributed by atoms with E-state index in [4.69, 9.17) is 16.3 Å². The average molecular weight is 337 g/mol. The fraction of sp³-hybridized carbons (Fsp3) is 0.600. The summed E-state index contributed by atoms with van der Waals surface area (Å²) in [5.41, 5.74) is 2.37. The van der Waals surface area contributed by atoms with Crippen LogP contribution in [0.1, 0.15) is 43.7 Å². The predicted octanol–water partition coefficient (Wildman–Crippen LogP) is 5.03. The van der Waals surface area contributed by atoms with E-state index in [0.29, 0.717) is 13.0 Å². The topological polar surface area (TPSA) is 29.5 Å². The molecule has 0 unspecified atom stereocenters. The molecule has 0 spiro atoms. The lowest BCUT2D eigenvalue weighted by Crippen LogP contribution is -2.27. The summed E-state index contributed by atoms with van der Waals surface area (Å²) in [6, 6.07) is 6.19. The third-order valence-electron chi connectivity index (χ3n) is 4.77. The Morgan fingerprint density at radius 3 is 2.74 bits per heavy atom. The molecule has 0 amide bonds. The number of aliphatic hydroxyl groups is 1. The molecule has 1 fully saturated rings. The van der Waals surface area contributed by atoms with Crippen molar-refractivity contribution < 1.29 is 9.84 Å². The number of benzene rings is 1. The molecule has 4 atom stereocenters. The molecule has 0 aliphatic heterocycles. The molecule has 0 aromatic heterocycles. The SMILES string of the molecule is CCC/C=C\C[C@@H]1[C@@H](COc2ccc(C)cc2C)[C@H](O)C[C@H]1Cl. The molecule has 0 bridgehead atoms. The Hall–Kier alpha value is -0.990. The van der Waals surface area contributed by atoms with Gasteiger partial charge in [-0.3, -0.25) is 0 Å². The van der Waals surface area contributed by atoms with Gasteiger partial charge in [0.25, 0.3) is 0 Å². The van der Waals surface area contributed by atoms with Crippen LogP contribution in [-0.4, -0.2) is 23.2 Å². The second-order valence-corrected chi connectivity index (χ2v) is 7.28. The summed E-state index contributed by atoms with van der Waals surface area (Å²) < 4.78 is 6.01. The van der Waals surface area contributed by atoms with E-state index in [2.05, 4.69) is 45.1 Å². The van der Waals surface area contributed by atoms with E-state index in [9.17, 15) is 5.11 Å². The molecule has 1 aromatic rings. The Labute approximate surface area is 145 Å². The molecule has 1 aliphatic rings. The third-order valence-corrected chi connectivity index (χ3v) is 5.27. The van der Waals surface area contributed by atoms with Gasteiger partial charge in [0.15, 0.2) is 0 Å². The van der Waals surface area contributed by atoms with Crippen molar-refractivity contribution in [1.82, 2.24) is 0 Å². The Balaban J connectivity index is 1.97. The molecule has 1 N–H and O–H groups in total. The Bertz CT molecular complexity index is 526. The van der Waals surface area contributed by atoms with Crippen LogP contribution < -0.4 is 4.74 Å². The van der Waals surface area contributed by atoms with Crippen LogP contribution in [0.15, 0.2) is 30.4 Å². The number of aliphatic hydroxyl groups excluding tert-OH is 1. The number of hydrogen-bond donors (Lipinski definition) is 1. The smallest absolute Gasteiger partial charge is 0.122 e. The van der Waals surface area contributed by atoms with Gasteiger partial charge in [0.05, 0.1) is 12.7 Å². The van der Waals surface area contributed by atoms with Gasteiger partial charge in [-0.1, -0.05) is 43.2 Å². The molecule has 3 heteroatoms. The first-order chi connectivity index (χ1) is 11.0. The highest BCUT2D eigenvalue weighted by atomic mass is 35.5. The van der Waals surface area contributed by atoms with E-state index >= 15 is 0 Å². The number of allylic oxidation sites excluding steroid dienone is 2. The van der Waals surface area contributed by atoms with Crippen molar-refractivity contribution in [2.75, 3.05) is 6.61 Å². The van der Waals surface area contributed by atoms with Crippen LogP contribution in [0.4, 0.5) is 0 Å². The summed E-state index contributed by atoms with van der Waals surface area (Å²) in [5, 5.41) is 10.4. The van der Waals surface area contributed by atoms with Crippen molar-refractivity contribution in [1.29, 1.82) is 0 Å². The number of halogens is 1. The lowest BCUT2D eigenvalue weighted by molar-refractivity contribution is 0.0805. The van der Waals surface area contributed by atoms with Crippen molar-refractivity contribution in [3.05, 3.63) is 41.5 Å². The van der Waals surface area contributed by atoms with Crippen molar-refractivity contribution in [3.63, 3.8) is 0 Å². The highest BCUT2D eigenvalue weighted by molar-refractivity contribution is 6.21. The van der Waals surface area contributed by atoms with Gasteiger partial charge in [0.2, 0.25) is 0 Å². The van der Waals surface area contributed by atoms with Crippen LogP contribution in [0.25, 0.3) is 0 Å². The summed E-state index contributed by atoms with van der Waals surface area (Å²) in [6.07, 6.45) is 7.91. The largest absolute Gasteiger partial charge is 0.493 e. The monoisotopic (exact) mass is 336 g/mol. The number of aryl methyl sites for hydroxylation is 2. The van der Waals surface area contributed by atoms with Crippen molar-refractivity contribution in [2.24, 2.45) is 11.8 Å². The molecule has 2 rings (SSSR count). The Morgan fingerprint density at radius 1 is 1.26 bits per heavy atom. The molecule has 2 nitrogen and oxygen atoms in total. The summed E-state index contributed by atoms with van der Waals surface area (Å²) in [7, 11) is 0. The van der Waals surface area contributed by atoms with Crippen LogP contribution in [0.3, 0.4) is 0 Å². The first-order valence-corrected chi connectivity index (χ1v) is 9.13. The molecule has 128 valence electrons. The summed E-state index contributed by atoms with van der Waals surface area (Å²) in [6.45, 7) is 6.84. The minimum atomic E-state index is -0.368. The summed E-state index contributed by atoms with van der Waals surface area (Å²) >= 11 is 6.46. The normalized spacial score (nSPS) is 27.7. The lowest BCUT2D eigenvalue weighted by atomic mass is 9.92. The molecular formula is C20H29ClO2. The summed E-state index contributed by atoms with van der Waals surface area (Å²) in [5.74, 6) is 1.29. The second kappa shape index (κ2) is 8.75. The molecule has 1 aromatic carbocycles. The van der Waals surface area contributed by atoms with E-state index in [1.165, 1.54) is 5.56 Å². The van der Waals surface area contributed by atoms with Crippen molar-refractivity contribution in [2.45, 2.75) is 57.9 Å². The first-order valence-electron chi connectivity index (χ1n) is 8.70. The zero-order valence-corrected chi connectivity index (χ0v) is 15.2. The van der Waals surface area contributed by atoms with E-state index in [1.54, 1.807) is 0 Å². The number of unbranched alkanes of at least 4 members (excludes halogenated alkanes) is 1. The van der Waals surface area contributed by atoms with Gasteiger partial charge in [0.1, 0.15) is 5.75 Å². The van der Waals surface area contributed by atoms with E-state index in [0.717, 1.165) is 30.6 Å². The van der Waals surface area contributed by atoms with Crippen LogP contribution in [0, 0.1) is 25.7 Å². The molecular weight excluding hydrogens is 308 g/mol. The second-order valence-electron chi connectivity index (χ2n) is 6.72. The quantitative estimate of drug-likeness (QED) is 0.558.